The van der Waals surface area contributed by atoms with Gasteiger partial charge in [-0.3, -0.25) is 9.89 Å². The third-order valence-electron chi connectivity index (χ3n) is 3.46. The Labute approximate surface area is 114 Å². The maximum absolute atomic E-state index is 12.1. The number of fused-ring (bicyclic) bond motifs is 1. The molecule has 0 spiro atoms. The summed E-state index contributed by atoms with van der Waals surface area (Å²) >= 11 is 12.0. The van der Waals surface area contributed by atoms with Crippen molar-refractivity contribution in [1.29, 1.82) is 0 Å². The zero-order valence-electron chi connectivity index (χ0n) is 9.63. The molecule has 1 aliphatic carbocycles. The highest BCUT2D eigenvalue weighted by Gasteiger charge is 2.67. The molecule has 0 radical (unpaired) electrons. The van der Waals surface area contributed by atoms with Crippen molar-refractivity contribution in [2.24, 2.45) is 5.41 Å². The molecule has 1 aromatic carbocycles. The van der Waals surface area contributed by atoms with Gasteiger partial charge in [0.15, 0.2) is 0 Å². The van der Waals surface area contributed by atoms with Crippen molar-refractivity contribution in [3.8, 4) is 0 Å². The van der Waals surface area contributed by atoms with Crippen molar-refractivity contribution >= 4 is 45.7 Å². The van der Waals surface area contributed by atoms with Crippen molar-refractivity contribution in [2.75, 3.05) is 5.32 Å². The molecule has 18 heavy (non-hydrogen) atoms. The number of nitrogens with zero attached hydrogens (tertiary/aromatic N) is 1. The summed E-state index contributed by atoms with van der Waals surface area (Å²) < 4.78 is -0.948. The third kappa shape index (κ3) is 1.68. The number of benzene rings is 1. The number of H-pyrrole nitrogens is 1. The average Bonchev–Trinajstić information content (AvgIpc) is 2.68. The number of halogens is 2. The number of aromatic amines is 1. The second kappa shape index (κ2) is 3.62. The van der Waals surface area contributed by atoms with E-state index in [4.69, 9.17) is 23.2 Å². The van der Waals surface area contributed by atoms with Crippen LogP contribution in [-0.2, 0) is 4.79 Å². The number of amides is 1. The van der Waals surface area contributed by atoms with Gasteiger partial charge in [-0.05, 0) is 31.5 Å². The number of anilines is 1. The molecule has 94 valence electrons. The van der Waals surface area contributed by atoms with Crippen LogP contribution in [0.3, 0.4) is 0 Å². The molecular formula is C12H11Cl2N3O. The van der Waals surface area contributed by atoms with E-state index in [-0.39, 0.29) is 5.91 Å². The molecule has 0 bridgehead atoms. The minimum absolute atomic E-state index is 0.157. The molecule has 1 unspecified atom stereocenters. The molecule has 1 aromatic heterocycles. The molecule has 1 amide bonds. The van der Waals surface area contributed by atoms with Gasteiger partial charge in [-0.1, -0.05) is 0 Å². The maximum atomic E-state index is 12.1. The van der Waals surface area contributed by atoms with E-state index in [0.717, 1.165) is 10.9 Å². The monoisotopic (exact) mass is 283 g/mol. The Morgan fingerprint density at radius 1 is 1.50 bits per heavy atom. The Bertz CT molecular complexity index is 637. The van der Waals surface area contributed by atoms with Crippen LogP contribution in [0.2, 0.25) is 0 Å². The standard InChI is InChI=1S/C12H11Cl2N3O/c1-11(6-12(11,13)14)10(18)16-8-2-3-9-7(4-8)5-15-17-9/h2-5H,6H2,1H3,(H,15,17)(H,16,18). The lowest BCUT2D eigenvalue weighted by molar-refractivity contribution is -0.120. The molecule has 2 N–H and O–H groups in total. The molecule has 0 saturated heterocycles. The number of aromatic nitrogens is 2. The lowest BCUT2D eigenvalue weighted by Crippen LogP contribution is -2.25. The van der Waals surface area contributed by atoms with Crippen LogP contribution in [0.15, 0.2) is 24.4 Å². The minimum Gasteiger partial charge on any atom is -0.325 e. The second-order valence-corrected chi connectivity index (χ2v) is 6.32. The Balaban J connectivity index is 1.82. The summed E-state index contributed by atoms with van der Waals surface area (Å²) in [6.45, 7) is 1.76. The summed E-state index contributed by atoms with van der Waals surface area (Å²) in [6, 6.07) is 5.53. The van der Waals surface area contributed by atoms with Gasteiger partial charge in [0.1, 0.15) is 4.33 Å². The van der Waals surface area contributed by atoms with E-state index in [9.17, 15) is 4.79 Å². The number of nitrogens with one attached hydrogen (secondary N) is 2. The molecule has 1 aliphatic rings. The van der Waals surface area contributed by atoms with Crippen LogP contribution >= 0.6 is 23.2 Å². The molecule has 0 aliphatic heterocycles. The summed E-state index contributed by atoms with van der Waals surface area (Å²) in [4.78, 5) is 12.1. The van der Waals surface area contributed by atoms with Crippen LogP contribution in [0.4, 0.5) is 5.69 Å². The first-order valence-electron chi connectivity index (χ1n) is 5.55. The van der Waals surface area contributed by atoms with Gasteiger partial charge in [0.05, 0.1) is 17.1 Å². The van der Waals surface area contributed by atoms with Crippen LogP contribution in [-0.4, -0.2) is 20.4 Å². The van der Waals surface area contributed by atoms with E-state index < -0.39 is 9.75 Å². The van der Waals surface area contributed by atoms with Crippen molar-refractivity contribution in [3.05, 3.63) is 24.4 Å². The van der Waals surface area contributed by atoms with Crippen LogP contribution in [0.1, 0.15) is 13.3 Å². The van der Waals surface area contributed by atoms with Crippen molar-refractivity contribution in [3.63, 3.8) is 0 Å². The average molecular weight is 284 g/mol. The van der Waals surface area contributed by atoms with Crippen LogP contribution < -0.4 is 5.32 Å². The molecule has 1 saturated carbocycles. The van der Waals surface area contributed by atoms with Gasteiger partial charge in [-0.25, -0.2) is 0 Å². The van der Waals surface area contributed by atoms with Gasteiger partial charge < -0.3 is 5.32 Å². The molecule has 3 rings (SSSR count). The van der Waals surface area contributed by atoms with E-state index in [0.29, 0.717) is 12.1 Å². The van der Waals surface area contributed by atoms with Gasteiger partial charge in [0.2, 0.25) is 5.91 Å². The van der Waals surface area contributed by atoms with Gasteiger partial charge >= 0.3 is 0 Å². The molecule has 4 nitrogen and oxygen atoms in total. The quantitative estimate of drug-likeness (QED) is 0.832. The van der Waals surface area contributed by atoms with Gasteiger partial charge in [0, 0.05) is 11.1 Å². The minimum atomic E-state index is -0.948. The smallest absolute Gasteiger partial charge is 0.233 e. The summed E-state index contributed by atoms with van der Waals surface area (Å²) in [5, 5.41) is 10.6. The van der Waals surface area contributed by atoms with Crippen molar-refractivity contribution < 1.29 is 4.79 Å². The Hall–Kier alpha value is -1.26. The summed E-state index contributed by atoms with van der Waals surface area (Å²) in [7, 11) is 0. The number of alkyl halides is 2. The van der Waals surface area contributed by atoms with Crippen LogP contribution in [0.25, 0.3) is 10.9 Å². The molecule has 6 heteroatoms. The predicted molar refractivity (Wildman–Crippen MR) is 71.9 cm³/mol. The van der Waals surface area contributed by atoms with Crippen LogP contribution in [0, 0.1) is 5.41 Å². The van der Waals surface area contributed by atoms with Crippen molar-refractivity contribution in [2.45, 2.75) is 17.7 Å². The summed E-state index contributed by atoms with van der Waals surface area (Å²) in [5.41, 5.74) is 0.933. The molecule has 2 aromatic rings. The van der Waals surface area contributed by atoms with E-state index in [1.165, 1.54) is 0 Å². The normalized spacial score (nSPS) is 25.1. The molecular weight excluding hydrogens is 273 g/mol. The molecule has 1 atom stereocenters. The van der Waals surface area contributed by atoms with Gasteiger partial charge in [-0.15, -0.1) is 23.2 Å². The van der Waals surface area contributed by atoms with E-state index >= 15 is 0 Å². The first-order valence-corrected chi connectivity index (χ1v) is 6.30. The Morgan fingerprint density at radius 2 is 2.22 bits per heavy atom. The number of carbonyl (C=O) groups excluding carboxylic acids is 1. The van der Waals surface area contributed by atoms with Crippen molar-refractivity contribution in [1.82, 2.24) is 10.2 Å². The van der Waals surface area contributed by atoms with Crippen LogP contribution in [0.5, 0.6) is 0 Å². The number of carbonyl (C=O) groups is 1. The fourth-order valence-corrected chi connectivity index (χ4v) is 2.64. The first-order chi connectivity index (χ1) is 8.42. The zero-order chi connectivity index (χ0) is 13.0. The third-order valence-corrected chi connectivity index (χ3v) is 4.56. The second-order valence-electron chi connectivity index (χ2n) is 4.84. The van der Waals surface area contributed by atoms with Gasteiger partial charge in [-0.2, -0.15) is 5.10 Å². The zero-order valence-corrected chi connectivity index (χ0v) is 11.1. The van der Waals surface area contributed by atoms with E-state index in [1.807, 2.05) is 18.2 Å². The Kier molecular flexibility index (Phi) is 2.37. The number of rotatable bonds is 2. The largest absolute Gasteiger partial charge is 0.325 e. The van der Waals surface area contributed by atoms with E-state index in [2.05, 4.69) is 15.5 Å². The summed E-state index contributed by atoms with van der Waals surface area (Å²) in [6.07, 6.45) is 2.18. The fourth-order valence-electron chi connectivity index (χ4n) is 1.94. The first kappa shape index (κ1) is 11.8. The molecule has 1 heterocycles. The number of hydrogen-bond donors (Lipinski definition) is 2. The lowest BCUT2D eigenvalue weighted by Gasteiger charge is -2.12. The molecule has 1 fully saturated rings. The lowest BCUT2D eigenvalue weighted by atomic mass is 10.1. The summed E-state index contributed by atoms with van der Waals surface area (Å²) in [5.74, 6) is -0.157. The highest BCUT2D eigenvalue weighted by Crippen LogP contribution is 2.64. The maximum Gasteiger partial charge on any atom is 0.233 e. The number of hydrogen-bond acceptors (Lipinski definition) is 2. The Morgan fingerprint density at radius 3 is 2.89 bits per heavy atom. The fraction of sp³-hybridized carbons (Fsp3) is 0.333. The van der Waals surface area contributed by atoms with E-state index in [1.54, 1.807) is 13.1 Å². The topological polar surface area (TPSA) is 57.8 Å². The highest BCUT2D eigenvalue weighted by atomic mass is 35.5. The highest BCUT2D eigenvalue weighted by molar-refractivity contribution is 6.53. The predicted octanol–water partition coefficient (Wildman–Crippen LogP) is 3.09. The van der Waals surface area contributed by atoms with Gasteiger partial charge in [0.25, 0.3) is 0 Å². The SMILES string of the molecule is CC1(C(=O)Nc2ccc3[nH]ncc3c2)CC1(Cl)Cl.